The van der Waals surface area contributed by atoms with E-state index < -0.39 is 27.9 Å². The van der Waals surface area contributed by atoms with Gasteiger partial charge < -0.3 is 9.47 Å². The number of benzene rings is 2. The summed E-state index contributed by atoms with van der Waals surface area (Å²) in [6.45, 7) is 7.36. The van der Waals surface area contributed by atoms with Crippen molar-refractivity contribution in [3.05, 3.63) is 59.2 Å². The smallest absolute Gasteiger partial charge is 0.344 e. The molecule has 0 fully saturated rings. The summed E-state index contributed by atoms with van der Waals surface area (Å²) >= 11 is 0. The lowest BCUT2D eigenvalue weighted by Crippen LogP contribution is -2.27. The number of aryl methyl sites for hydroxylation is 1. The van der Waals surface area contributed by atoms with Gasteiger partial charge in [0.15, 0.2) is 12.7 Å². The second kappa shape index (κ2) is 9.75. The summed E-state index contributed by atoms with van der Waals surface area (Å²) in [6, 6.07) is 11.5. The van der Waals surface area contributed by atoms with Crippen molar-refractivity contribution in [2.45, 2.75) is 39.7 Å². The predicted molar refractivity (Wildman–Crippen MR) is 116 cm³/mol. The summed E-state index contributed by atoms with van der Waals surface area (Å²) in [4.78, 5) is 24.5. The highest BCUT2D eigenvalue weighted by atomic mass is 32.2. The molecular weight excluding hydrogens is 406 g/mol. The highest BCUT2D eigenvalue weighted by Gasteiger charge is 2.20. The standard InChI is InChI=1S/C22H27NO6S/c1-14(2)20-11-10-19(12-15(20)3)28-13-21(24)29-16(4)22(25)17-6-8-18(9-7-17)23-30(5,26)27/h6-12,14,16,23H,13H2,1-5H3. The number of rotatable bonds is 9. The molecule has 2 aromatic carbocycles. The first-order chi connectivity index (χ1) is 14.0. The molecule has 1 N–H and O–H groups in total. The Balaban J connectivity index is 1.90. The third kappa shape index (κ3) is 6.88. The molecule has 0 heterocycles. The van der Waals surface area contributed by atoms with Crippen LogP contribution in [0.1, 0.15) is 48.2 Å². The van der Waals surface area contributed by atoms with E-state index >= 15 is 0 Å². The van der Waals surface area contributed by atoms with Gasteiger partial charge in [0.25, 0.3) is 0 Å². The van der Waals surface area contributed by atoms with Gasteiger partial charge in [-0.3, -0.25) is 9.52 Å². The zero-order valence-corrected chi connectivity index (χ0v) is 18.6. The predicted octanol–water partition coefficient (Wildman–Crippen LogP) is 3.68. The van der Waals surface area contributed by atoms with Crippen LogP contribution in [-0.2, 0) is 19.6 Å². The summed E-state index contributed by atoms with van der Waals surface area (Å²) in [5.41, 5.74) is 2.93. The number of hydrogen-bond acceptors (Lipinski definition) is 6. The van der Waals surface area contributed by atoms with Crippen LogP contribution in [0, 0.1) is 6.92 Å². The Morgan fingerprint density at radius 3 is 2.20 bits per heavy atom. The van der Waals surface area contributed by atoms with Gasteiger partial charge in [0.1, 0.15) is 5.75 Å². The third-order valence-corrected chi connectivity index (χ3v) is 4.98. The Labute approximate surface area is 177 Å². The second-order valence-corrected chi connectivity index (χ2v) is 9.16. The minimum Gasteiger partial charge on any atom is -0.482 e. The number of ether oxygens (including phenoxy) is 2. The van der Waals surface area contributed by atoms with E-state index in [9.17, 15) is 18.0 Å². The fourth-order valence-corrected chi connectivity index (χ4v) is 3.53. The van der Waals surface area contributed by atoms with Crippen LogP contribution in [0.2, 0.25) is 0 Å². The maximum absolute atomic E-state index is 12.4. The number of esters is 1. The number of ketones is 1. The molecule has 0 bridgehead atoms. The summed E-state index contributed by atoms with van der Waals surface area (Å²) in [6.07, 6.45) is 0.0372. The first-order valence-corrected chi connectivity index (χ1v) is 11.4. The molecule has 2 aromatic rings. The average Bonchev–Trinajstić information content (AvgIpc) is 2.65. The van der Waals surface area contributed by atoms with Crippen LogP contribution in [0.15, 0.2) is 42.5 Å². The van der Waals surface area contributed by atoms with Gasteiger partial charge in [0.2, 0.25) is 15.8 Å². The van der Waals surface area contributed by atoms with E-state index in [0.717, 1.165) is 11.8 Å². The van der Waals surface area contributed by atoms with Crippen LogP contribution in [-0.4, -0.2) is 39.1 Å². The first kappa shape index (κ1) is 23.4. The molecule has 162 valence electrons. The van der Waals surface area contributed by atoms with E-state index in [1.807, 2.05) is 19.1 Å². The molecule has 0 saturated carbocycles. The van der Waals surface area contributed by atoms with E-state index in [-0.39, 0.29) is 6.61 Å². The molecule has 0 aliphatic carbocycles. The molecule has 0 aliphatic rings. The molecule has 7 nitrogen and oxygen atoms in total. The number of nitrogens with one attached hydrogen (secondary N) is 1. The number of carbonyl (C=O) groups is 2. The summed E-state index contributed by atoms with van der Waals surface area (Å²) < 4.78 is 35.4. The number of Topliss-reactive ketones (excluding diaryl/α,β-unsaturated/α-hetero) is 1. The number of sulfonamides is 1. The van der Waals surface area contributed by atoms with E-state index in [1.54, 1.807) is 6.07 Å². The van der Waals surface area contributed by atoms with Gasteiger partial charge in [0.05, 0.1) is 6.26 Å². The van der Waals surface area contributed by atoms with Gasteiger partial charge in [-0.15, -0.1) is 0 Å². The largest absolute Gasteiger partial charge is 0.482 e. The maximum atomic E-state index is 12.4. The topological polar surface area (TPSA) is 98.8 Å². The zero-order chi connectivity index (χ0) is 22.5. The molecule has 2 rings (SSSR count). The van der Waals surface area contributed by atoms with Crippen LogP contribution in [0.5, 0.6) is 5.75 Å². The van der Waals surface area contributed by atoms with Crippen molar-refractivity contribution >= 4 is 27.5 Å². The van der Waals surface area contributed by atoms with Crippen LogP contribution in [0.3, 0.4) is 0 Å². The van der Waals surface area contributed by atoms with Crippen LogP contribution in [0.4, 0.5) is 5.69 Å². The van der Waals surface area contributed by atoms with Gasteiger partial charge in [-0.2, -0.15) is 0 Å². The van der Waals surface area contributed by atoms with Crippen molar-refractivity contribution in [3.63, 3.8) is 0 Å². The normalized spacial score (nSPS) is 12.3. The fourth-order valence-electron chi connectivity index (χ4n) is 2.96. The number of carbonyl (C=O) groups excluding carboxylic acids is 2. The molecule has 1 atom stereocenters. The van der Waals surface area contributed by atoms with Crippen LogP contribution >= 0.6 is 0 Å². The third-order valence-electron chi connectivity index (χ3n) is 4.37. The lowest BCUT2D eigenvalue weighted by Gasteiger charge is -2.14. The molecule has 0 aromatic heterocycles. The van der Waals surface area contributed by atoms with Crippen molar-refractivity contribution in [1.29, 1.82) is 0 Å². The Bertz CT molecular complexity index is 1010. The van der Waals surface area contributed by atoms with E-state index in [4.69, 9.17) is 9.47 Å². The van der Waals surface area contributed by atoms with Gasteiger partial charge >= 0.3 is 5.97 Å². The highest BCUT2D eigenvalue weighted by molar-refractivity contribution is 7.92. The van der Waals surface area contributed by atoms with Crippen molar-refractivity contribution in [1.82, 2.24) is 0 Å². The SMILES string of the molecule is Cc1cc(OCC(=O)OC(C)C(=O)c2ccc(NS(C)(=O)=O)cc2)ccc1C(C)C. The van der Waals surface area contributed by atoms with E-state index in [2.05, 4.69) is 18.6 Å². The molecule has 0 radical (unpaired) electrons. The molecule has 1 unspecified atom stereocenters. The van der Waals surface area contributed by atoms with Crippen molar-refractivity contribution in [3.8, 4) is 5.75 Å². The summed E-state index contributed by atoms with van der Waals surface area (Å²) in [5.74, 6) is -0.0999. The van der Waals surface area contributed by atoms with Crippen molar-refractivity contribution in [2.75, 3.05) is 17.6 Å². The zero-order valence-electron chi connectivity index (χ0n) is 17.8. The van der Waals surface area contributed by atoms with Gasteiger partial charge in [-0.1, -0.05) is 19.9 Å². The van der Waals surface area contributed by atoms with Crippen molar-refractivity contribution in [2.24, 2.45) is 0 Å². The molecular formula is C22H27NO6S. The van der Waals surface area contributed by atoms with Gasteiger partial charge in [-0.05, 0) is 67.3 Å². The van der Waals surface area contributed by atoms with E-state index in [0.29, 0.717) is 22.9 Å². The fraction of sp³-hybridized carbons (Fsp3) is 0.364. The maximum Gasteiger partial charge on any atom is 0.344 e. The molecule has 0 aliphatic heterocycles. The number of hydrogen-bond donors (Lipinski definition) is 1. The Morgan fingerprint density at radius 2 is 1.67 bits per heavy atom. The average molecular weight is 434 g/mol. The summed E-state index contributed by atoms with van der Waals surface area (Å²) in [5, 5.41) is 0. The second-order valence-electron chi connectivity index (χ2n) is 7.41. The quantitative estimate of drug-likeness (QED) is 0.478. The lowest BCUT2D eigenvalue weighted by atomic mass is 9.98. The molecule has 0 amide bonds. The van der Waals surface area contributed by atoms with Crippen LogP contribution in [0.25, 0.3) is 0 Å². The molecule has 0 saturated heterocycles. The molecule has 0 spiro atoms. The first-order valence-electron chi connectivity index (χ1n) is 9.51. The molecule has 8 heteroatoms. The molecule has 30 heavy (non-hydrogen) atoms. The summed E-state index contributed by atoms with van der Waals surface area (Å²) in [7, 11) is -3.40. The van der Waals surface area contributed by atoms with Crippen molar-refractivity contribution < 1.29 is 27.5 Å². The minimum absolute atomic E-state index is 0.301. The lowest BCUT2D eigenvalue weighted by molar-refractivity contribution is -0.148. The Hall–Kier alpha value is -2.87. The Kier molecular flexibility index (Phi) is 7.61. The van der Waals surface area contributed by atoms with Crippen LogP contribution < -0.4 is 9.46 Å². The van der Waals surface area contributed by atoms with E-state index in [1.165, 1.54) is 36.8 Å². The minimum atomic E-state index is -3.40. The monoisotopic (exact) mass is 433 g/mol. The number of anilines is 1. The highest BCUT2D eigenvalue weighted by Crippen LogP contribution is 2.23. The van der Waals surface area contributed by atoms with Gasteiger partial charge in [-0.25, -0.2) is 13.2 Å². The Morgan fingerprint density at radius 1 is 1.03 bits per heavy atom. The van der Waals surface area contributed by atoms with Gasteiger partial charge in [0, 0.05) is 11.3 Å².